The standard InChI is InChI=1S/C15H20Cl2N2O/c1-5-20-15(3,4)9-19-13-8-11(17)6-7-12(13)18-14(19)10(2)16/h6-8,10H,5,9H2,1-4H3. The lowest BCUT2D eigenvalue weighted by molar-refractivity contribution is -0.0221. The molecular weight excluding hydrogens is 295 g/mol. The number of alkyl halides is 1. The number of rotatable bonds is 5. The Morgan fingerprint density at radius 1 is 1.40 bits per heavy atom. The third-order valence-electron chi connectivity index (χ3n) is 3.17. The van der Waals surface area contributed by atoms with Crippen LogP contribution in [0.1, 0.15) is 38.9 Å². The summed E-state index contributed by atoms with van der Waals surface area (Å²) >= 11 is 12.4. The molecule has 2 aromatic rings. The van der Waals surface area contributed by atoms with Gasteiger partial charge in [0.25, 0.3) is 0 Å². The second-order valence-corrected chi connectivity index (χ2v) is 6.59. The molecule has 5 heteroatoms. The van der Waals surface area contributed by atoms with Crippen LogP contribution in [0.5, 0.6) is 0 Å². The number of aromatic nitrogens is 2. The second kappa shape index (κ2) is 5.92. The van der Waals surface area contributed by atoms with Gasteiger partial charge >= 0.3 is 0 Å². The Kier molecular flexibility index (Phi) is 4.62. The van der Waals surface area contributed by atoms with E-state index in [1.165, 1.54) is 0 Å². The highest BCUT2D eigenvalue weighted by Crippen LogP contribution is 2.28. The summed E-state index contributed by atoms with van der Waals surface area (Å²) in [5.41, 5.74) is 1.61. The van der Waals surface area contributed by atoms with Gasteiger partial charge in [-0.25, -0.2) is 4.98 Å². The van der Waals surface area contributed by atoms with Crippen molar-refractivity contribution in [2.24, 2.45) is 0 Å². The molecule has 1 unspecified atom stereocenters. The molecule has 0 saturated heterocycles. The maximum Gasteiger partial charge on any atom is 0.127 e. The molecule has 1 heterocycles. The highest BCUT2D eigenvalue weighted by atomic mass is 35.5. The Balaban J connectivity index is 2.53. The van der Waals surface area contributed by atoms with Crippen molar-refractivity contribution < 1.29 is 4.74 Å². The van der Waals surface area contributed by atoms with Crippen molar-refractivity contribution in [3.8, 4) is 0 Å². The van der Waals surface area contributed by atoms with E-state index in [0.717, 1.165) is 16.9 Å². The van der Waals surface area contributed by atoms with Gasteiger partial charge in [-0.15, -0.1) is 11.6 Å². The van der Waals surface area contributed by atoms with Gasteiger partial charge < -0.3 is 9.30 Å². The molecule has 2 rings (SSSR count). The maximum absolute atomic E-state index is 6.27. The quantitative estimate of drug-likeness (QED) is 0.741. The normalized spacial score (nSPS) is 13.9. The first kappa shape index (κ1) is 15.6. The second-order valence-electron chi connectivity index (χ2n) is 5.50. The summed E-state index contributed by atoms with van der Waals surface area (Å²) in [4.78, 5) is 4.61. The first-order valence-corrected chi connectivity index (χ1v) is 7.59. The number of hydrogen-bond donors (Lipinski definition) is 0. The molecule has 0 aliphatic heterocycles. The van der Waals surface area contributed by atoms with Gasteiger partial charge in [0.15, 0.2) is 0 Å². The van der Waals surface area contributed by atoms with Crippen LogP contribution in [0.15, 0.2) is 18.2 Å². The van der Waals surface area contributed by atoms with E-state index in [1.54, 1.807) is 0 Å². The minimum absolute atomic E-state index is 0.168. The summed E-state index contributed by atoms with van der Waals surface area (Å²) in [5, 5.41) is 0.528. The third kappa shape index (κ3) is 3.27. The maximum atomic E-state index is 6.27. The summed E-state index contributed by atoms with van der Waals surface area (Å²) in [7, 11) is 0. The summed E-state index contributed by atoms with van der Waals surface area (Å²) in [6.07, 6.45) is 0. The largest absolute Gasteiger partial charge is 0.374 e. The summed E-state index contributed by atoms with van der Waals surface area (Å²) < 4.78 is 7.90. The van der Waals surface area contributed by atoms with Crippen molar-refractivity contribution in [1.29, 1.82) is 0 Å². The topological polar surface area (TPSA) is 27.1 Å². The smallest absolute Gasteiger partial charge is 0.127 e. The van der Waals surface area contributed by atoms with Crippen LogP contribution in [-0.2, 0) is 11.3 Å². The van der Waals surface area contributed by atoms with Crippen LogP contribution in [0, 0.1) is 0 Å². The van der Waals surface area contributed by atoms with Gasteiger partial charge in [-0.3, -0.25) is 0 Å². The fraction of sp³-hybridized carbons (Fsp3) is 0.533. The molecule has 0 aliphatic carbocycles. The van der Waals surface area contributed by atoms with Gasteiger partial charge in [-0.1, -0.05) is 11.6 Å². The monoisotopic (exact) mass is 314 g/mol. The van der Waals surface area contributed by atoms with E-state index in [2.05, 4.69) is 23.4 Å². The van der Waals surface area contributed by atoms with Gasteiger partial charge in [0.2, 0.25) is 0 Å². The van der Waals surface area contributed by atoms with E-state index in [9.17, 15) is 0 Å². The lowest BCUT2D eigenvalue weighted by Crippen LogP contribution is -2.31. The first-order valence-electron chi connectivity index (χ1n) is 6.78. The van der Waals surface area contributed by atoms with Gasteiger partial charge in [0.1, 0.15) is 5.82 Å². The zero-order valence-electron chi connectivity index (χ0n) is 12.3. The molecular formula is C15H20Cl2N2O. The van der Waals surface area contributed by atoms with E-state index in [-0.39, 0.29) is 11.0 Å². The molecule has 0 amide bonds. The van der Waals surface area contributed by atoms with Crippen LogP contribution >= 0.6 is 23.2 Å². The number of fused-ring (bicyclic) bond motifs is 1. The zero-order valence-corrected chi connectivity index (χ0v) is 13.8. The van der Waals surface area contributed by atoms with E-state index in [1.807, 2.05) is 32.0 Å². The molecule has 0 radical (unpaired) electrons. The lowest BCUT2D eigenvalue weighted by Gasteiger charge is -2.26. The number of ether oxygens (including phenoxy) is 1. The minimum atomic E-state index is -0.286. The Morgan fingerprint density at radius 2 is 2.10 bits per heavy atom. The average molecular weight is 315 g/mol. The summed E-state index contributed by atoms with van der Waals surface area (Å²) in [5.74, 6) is 0.844. The van der Waals surface area contributed by atoms with Gasteiger partial charge in [-0.2, -0.15) is 0 Å². The molecule has 1 aromatic carbocycles. The average Bonchev–Trinajstić information content (AvgIpc) is 2.67. The molecule has 0 N–H and O–H groups in total. The fourth-order valence-corrected chi connectivity index (χ4v) is 2.73. The molecule has 0 aliphatic rings. The number of halogens is 2. The SMILES string of the molecule is CCOC(C)(C)Cn1c(C(C)Cl)nc2ccc(Cl)cc21. The molecule has 0 spiro atoms. The Morgan fingerprint density at radius 3 is 2.70 bits per heavy atom. The van der Waals surface area contributed by atoms with Gasteiger partial charge in [0, 0.05) is 11.6 Å². The Labute approximate surface area is 129 Å². The molecule has 0 bridgehead atoms. The summed E-state index contributed by atoms with van der Waals surface area (Å²) in [6.45, 7) is 9.41. The van der Waals surface area contributed by atoms with Crippen LogP contribution in [0.3, 0.4) is 0 Å². The Bertz CT molecular complexity index is 605. The lowest BCUT2D eigenvalue weighted by atomic mass is 10.1. The van der Waals surface area contributed by atoms with Crippen molar-refractivity contribution in [2.75, 3.05) is 6.61 Å². The van der Waals surface area contributed by atoms with E-state index in [4.69, 9.17) is 27.9 Å². The first-order chi connectivity index (χ1) is 9.34. The molecule has 20 heavy (non-hydrogen) atoms. The van der Waals surface area contributed by atoms with Gasteiger partial charge in [0.05, 0.1) is 28.6 Å². The van der Waals surface area contributed by atoms with Crippen molar-refractivity contribution in [3.05, 3.63) is 29.0 Å². The predicted molar refractivity (Wildman–Crippen MR) is 84.7 cm³/mol. The highest BCUT2D eigenvalue weighted by molar-refractivity contribution is 6.31. The summed E-state index contributed by atoms with van der Waals surface area (Å²) in [6, 6.07) is 5.69. The van der Waals surface area contributed by atoms with Gasteiger partial charge in [-0.05, 0) is 45.9 Å². The van der Waals surface area contributed by atoms with Crippen molar-refractivity contribution >= 4 is 34.2 Å². The van der Waals surface area contributed by atoms with Crippen LogP contribution in [-0.4, -0.2) is 21.8 Å². The highest BCUT2D eigenvalue weighted by Gasteiger charge is 2.23. The fourth-order valence-electron chi connectivity index (χ4n) is 2.40. The zero-order chi connectivity index (χ0) is 14.9. The number of hydrogen-bond acceptors (Lipinski definition) is 2. The molecule has 110 valence electrons. The number of imidazole rings is 1. The molecule has 3 nitrogen and oxygen atoms in total. The Hall–Kier alpha value is -0.770. The van der Waals surface area contributed by atoms with Crippen LogP contribution in [0.25, 0.3) is 11.0 Å². The molecule has 0 fully saturated rings. The van der Waals surface area contributed by atoms with Crippen molar-refractivity contribution in [1.82, 2.24) is 9.55 Å². The third-order valence-corrected chi connectivity index (χ3v) is 3.60. The number of nitrogens with zero attached hydrogens (tertiary/aromatic N) is 2. The van der Waals surface area contributed by atoms with Crippen LogP contribution in [0.4, 0.5) is 0 Å². The predicted octanol–water partition coefficient (Wildman–Crippen LogP) is 4.80. The molecule has 1 atom stereocenters. The van der Waals surface area contributed by atoms with E-state index in [0.29, 0.717) is 18.2 Å². The minimum Gasteiger partial charge on any atom is -0.374 e. The van der Waals surface area contributed by atoms with E-state index >= 15 is 0 Å². The number of benzene rings is 1. The van der Waals surface area contributed by atoms with Crippen LogP contribution in [0.2, 0.25) is 5.02 Å². The van der Waals surface area contributed by atoms with Crippen molar-refractivity contribution in [2.45, 2.75) is 45.2 Å². The van der Waals surface area contributed by atoms with Crippen molar-refractivity contribution in [3.63, 3.8) is 0 Å². The molecule has 1 aromatic heterocycles. The molecule has 0 saturated carbocycles. The van der Waals surface area contributed by atoms with E-state index < -0.39 is 0 Å². The van der Waals surface area contributed by atoms with Crippen LogP contribution < -0.4 is 0 Å².